The Labute approximate surface area is 124 Å². The smallest absolute Gasteiger partial charge is 0.222 e. The van der Waals surface area contributed by atoms with Crippen molar-refractivity contribution in [3.8, 4) is 0 Å². The first-order chi connectivity index (χ1) is 9.70. The van der Waals surface area contributed by atoms with Crippen LogP contribution in [0.1, 0.15) is 35.4 Å². The zero-order valence-electron chi connectivity index (χ0n) is 11.9. The quantitative estimate of drug-likeness (QED) is 0.818. The molecule has 2 rings (SSSR count). The fraction of sp³-hybridized carbons (Fsp3) is 0.600. The number of hydrogen-bond acceptors (Lipinski definition) is 4. The number of carbonyl (C=O) groups is 2. The SMILES string of the molecule is CNC(=O)C1CCN(CCCC(=O)c2cccs2)CC1. The molecule has 1 saturated heterocycles. The molecule has 0 bridgehead atoms. The molecular weight excluding hydrogens is 272 g/mol. The minimum Gasteiger partial charge on any atom is -0.359 e. The summed E-state index contributed by atoms with van der Waals surface area (Å²) < 4.78 is 0. The number of likely N-dealkylation sites (tertiary alicyclic amines) is 1. The molecule has 0 aliphatic carbocycles. The lowest BCUT2D eigenvalue weighted by atomic mass is 9.96. The fourth-order valence-corrected chi connectivity index (χ4v) is 3.34. The number of ketones is 1. The molecule has 2 heterocycles. The Hall–Kier alpha value is -1.20. The third-order valence-corrected chi connectivity index (χ3v) is 4.79. The molecule has 5 heteroatoms. The molecule has 20 heavy (non-hydrogen) atoms. The first kappa shape index (κ1) is 15.2. The van der Waals surface area contributed by atoms with E-state index in [1.54, 1.807) is 7.05 Å². The average Bonchev–Trinajstić information content (AvgIpc) is 3.01. The van der Waals surface area contributed by atoms with E-state index in [1.807, 2.05) is 17.5 Å². The van der Waals surface area contributed by atoms with E-state index in [9.17, 15) is 9.59 Å². The van der Waals surface area contributed by atoms with Crippen molar-refractivity contribution in [2.75, 3.05) is 26.7 Å². The second kappa shape index (κ2) is 7.55. The van der Waals surface area contributed by atoms with Gasteiger partial charge in [0.25, 0.3) is 0 Å². The second-order valence-electron chi connectivity index (χ2n) is 5.23. The van der Waals surface area contributed by atoms with Crippen LogP contribution in [0, 0.1) is 5.92 Å². The minimum absolute atomic E-state index is 0.164. The van der Waals surface area contributed by atoms with Crippen LogP contribution in [0.25, 0.3) is 0 Å². The monoisotopic (exact) mass is 294 g/mol. The van der Waals surface area contributed by atoms with Gasteiger partial charge in [-0.1, -0.05) is 6.07 Å². The van der Waals surface area contributed by atoms with Gasteiger partial charge in [0, 0.05) is 19.4 Å². The number of hydrogen-bond donors (Lipinski definition) is 1. The largest absolute Gasteiger partial charge is 0.359 e. The molecule has 0 aromatic carbocycles. The van der Waals surface area contributed by atoms with E-state index in [4.69, 9.17) is 0 Å². The Kier molecular flexibility index (Phi) is 5.73. The van der Waals surface area contributed by atoms with E-state index in [0.717, 1.165) is 43.8 Å². The zero-order chi connectivity index (χ0) is 14.4. The van der Waals surface area contributed by atoms with Crippen molar-refractivity contribution in [3.05, 3.63) is 22.4 Å². The molecule has 1 aliphatic rings. The van der Waals surface area contributed by atoms with E-state index in [0.29, 0.717) is 6.42 Å². The van der Waals surface area contributed by atoms with Gasteiger partial charge in [-0.2, -0.15) is 0 Å². The first-order valence-electron chi connectivity index (χ1n) is 7.21. The third-order valence-electron chi connectivity index (χ3n) is 3.88. The van der Waals surface area contributed by atoms with Gasteiger partial charge in [0.1, 0.15) is 0 Å². The normalized spacial score (nSPS) is 17.1. The molecule has 0 atom stereocenters. The molecule has 0 unspecified atom stereocenters. The van der Waals surface area contributed by atoms with Crippen molar-refractivity contribution in [1.82, 2.24) is 10.2 Å². The van der Waals surface area contributed by atoms with Crippen LogP contribution in [0.5, 0.6) is 0 Å². The van der Waals surface area contributed by atoms with E-state index >= 15 is 0 Å². The summed E-state index contributed by atoms with van der Waals surface area (Å²) in [6.45, 7) is 2.88. The lowest BCUT2D eigenvalue weighted by molar-refractivity contribution is -0.125. The Bertz CT molecular complexity index is 437. The van der Waals surface area contributed by atoms with Gasteiger partial charge in [-0.15, -0.1) is 11.3 Å². The summed E-state index contributed by atoms with van der Waals surface area (Å²) >= 11 is 1.52. The predicted molar refractivity (Wildman–Crippen MR) is 81.1 cm³/mol. The molecule has 1 N–H and O–H groups in total. The number of Topliss-reactive ketones (excluding diaryl/α,β-unsaturated/α-hetero) is 1. The van der Waals surface area contributed by atoms with Gasteiger partial charge >= 0.3 is 0 Å². The molecule has 4 nitrogen and oxygen atoms in total. The maximum Gasteiger partial charge on any atom is 0.222 e. The molecule has 0 saturated carbocycles. The summed E-state index contributed by atoms with van der Waals surface area (Å²) in [6.07, 6.45) is 3.38. The molecule has 110 valence electrons. The summed E-state index contributed by atoms with van der Waals surface area (Å²) in [4.78, 5) is 26.6. The predicted octanol–water partition coefficient (Wildman–Crippen LogP) is 2.17. The number of thiophene rings is 1. The highest BCUT2D eigenvalue weighted by Gasteiger charge is 2.23. The Morgan fingerprint density at radius 1 is 1.40 bits per heavy atom. The Morgan fingerprint density at radius 3 is 2.75 bits per heavy atom. The van der Waals surface area contributed by atoms with Crippen molar-refractivity contribution in [3.63, 3.8) is 0 Å². The molecule has 1 aliphatic heterocycles. The molecular formula is C15H22N2O2S. The standard InChI is InChI=1S/C15H22N2O2S/c1-16-15(19)12-6-9-17(10-7-12)8-2-4-13(18)14-5-3-11-20-14/h3,5,11-12H,2,4,6-10H2,1H3,(H,16,19). The van der Waals surface area contributed by atoms with E-state index < -0.39 is 0 Å². The van der Waals surface area contributed by atoms with Crippen LogP contribution in [0.15, 0.2) is 17.5 Å². The Morgan fingerprint density at radius 2 is 2.15 bits per heavy atom. The van der Waals surface area contributed by atoms with Crippen molar-refractivity contribution in [1.29, 1.82) is 0 Å². The third kappa shape index (κ3) is 4.15. The van der Waals surface area contributed by atoms with Crippen LogP contribution in [0.2, 0.25) is 0 Å². The topological polar surface area (TPSA) is 49.4 Å². The molecule has 1 aromatic rings. The van der Waals surface area contributed by atoms with Gasteiger partial charge in [0.15, 0.2) is 5.78 Å². The number of carbonyl (C=O) groups excluding carboxylic acids is 2. The highest BCUT2D eigenvalue weighted by molar-refractivity contribution is 7.12. The average molecular weight is 294 g/mol. The number of nitrogens with one attached hydrogen (secondary N) is 1. The van der Waals surface area contributed by atoms with Crippen molar-refractivity contribution >= 4 is 23.0 Å². The van der Waals surface area contributed by atoms with E-state index in [2.05, 4.69) is 10.2 Å². The zero-order valence-corrected chi connectivity index (χ0v) is 12.7. The lowest BCUT2D eigenvalue weighted by Crippen LogP contribution is -2.39. The summed E-state index contributed by atoms with van der Waals surface area (Å²) in [5.74, 6) is 0.585. The van der Waals surface area contributed by atoms with Gasteiger partial charge in [-0.05, 0) is 50.3 Å². The van der Waals surface area contributed by atoms with Crippen LogP contribution in [0.3, 0.4) is 0 Å². The van der Waals surface area contributed by atoms with Crippen molar-refractivity contribution in [2.24, 2.45) is 5.92 Å². The van der Waals surface area contributed by atoms with Crippen molar-refractivity contribution in [2.45, 2.75) is 25.7 Å². The number of piperidine rings is 1. The highest BCUT2D eigenvalue weighted by atomic mass is 32.1. The van der Waals surface area contributed by atoms with Gasteiger partial charge in [0.2, 0.25) is 5.91 Å². The molecule has 0 spiro atoms. The van der Waals surface area contributed by atoms with E-state index in [1.165, 1.54) is 11.3 Å². The summed E-state index contributed by atoms with van der Waals surface area (Å²) in [5.41, 5.74) is 0. The Balaban J connectivity index is 1.64. The van der Waals surface area contributed by atoms with Crippen LogP contribution in [-0.2, 0) is 4.79 Å². The summed E-state index contributed by atoms with van der Waals surface area (Å²) in [6, 6.07) is 3.81. The van der Waals surface area contributed by atoms with Crippen LogP contribution in [0.4, 0.5) is 0 Å². The maximum absolute atomic E-state index is 11.9. The number of amides is 1. The fourth-order valence-electron chi connectivity index (χ4n) is 2.65. The highest BCUT2D eigenvalue weighted by Crippen LogP contribution is 2.18. The maximum atomic E-state index is 11.9. The lowest BCUT2D eigenvalue weighted by Gasteiger charge is -2.30. The van der Waals surface area contributed by atoms with Gasteiger partial charge in [0.05, 0.1) is 4.88 Å². The first-order valence-corrected chi connectivity index (χ1v) is 8.09. The second-order valence-corrected chi connectivity index (χ2v) is 6.18. The molecule has 1 fully saturated rings. The van der Waals surface area contributed by atoms with Crippen molar-refractivity contribution < 1.29 is 9.59 Å². The van der Waals surface area contributed by atoms with Crippen LogP contribution >= 0.6 is 11.3 Å². The molecule has 0 radical (unpaired) electrons. The molecule has 1 aromatic heterocycles. The van der Waals surface area contributed by atoms with Gasteiger partial charge in [-0.25, -0.2) is 0 Å². The van der Waals surface area contributed by atoms with Crippen LogP contribution in [-0.4, -0.2) is 43.3 Å². The summed E-state index contributed by atoms with van der Waals surface area (Å²) in [5, 5.41) is 4.66. The summed E-state index contributed by atoms with van der Waals surface area (Å²) in [7, 11) is 1.70. The number of rotatable bonds is 6. The van der Waals surface area contributed by atoms with Gasteiger partial charge in [-0.3, -0.25) is 9.59 Å². The molecule has 1 amide bonds. The minimum atomic E-state index is 0.164. The van der Waals surface area contributed by atoms with Gasteiger partial charge < -0.3 is 10.2 Å². The van der Waals surface area contributed by atoms with E-state index in [-0.39, 0.29) is 17.6 Å². The number of nitrogens with zero attached hydrogens (tertiary/aromatic N) is 1. The van der Waals surface area contributed by atoms with Crippen LogP contribution < -0.4 is 5.32 Å².